The SMILES string of the molecule is CCC(NCCc1ccsc1)c1ccc(Cl)cc1. The number of benzene rings is 1. The van der Waals surface area contributed by atoms with E-state index in [4.69, 9.17) is 11.6 Å². The summed E-state index contributed by atoms with van der Waals surface area (Å²) in [6.45, 7) is 3.22. The molecule has 1 aromatic carbocycles. The maximum Gasteiger partial charge on any atom is 0.0406 e. The Kier molecular flexibility index (Phi) is 5.24. The summed E-state index contributed by atoms with van der Waals surface area (Å²) < 4.78 is 0. The highest BCUT2D eigenvalue weighted by atomic mass is 35.5. The predicted molar refractivity (Wildman–Crippen MR) is 80.5 cm³/mol. The summed E-state index contributed by atoms with van der Waals surface area (Å²) in [6, 6.07) is 10.7. The van der Waals surface area contributed by atoms with Gasteiger partial charge in [-0.05, 0) is 59.5 Å². The van der Waals surface area contributed by atoms with E-state index in [2.05, 4.69) is 41.2 Å². The molecule has 1 unspecified atom stereocenters. The fourth-order valence-corrected chi connectivity index (χ4v) is 2.85. The molecule has 0 aliphatic rings. The first-order valence-corrected chi connectivity index (χ1v) is 7.61. The van der Waals surface area contributed by atoms with Gasteiger partial charge in [-0.2, -0.15) is 11.3 Å². The van der Waals surface area contributed by atoms with Gasteiger partial charge in [0, 0.05) is 11.1 Å². The molecule has 0 radical (unpaired) electrons. The van der Waals surface area contributed by atoms with E-state index in [0.717, 1.165) is 24.4 Å². The van der Waals surface area contributed by atoms with Gasteiger partial charge in [-0.3, -0.25) is 0 Å². The third-order valence-corrected chi connectivity index (χ3v) is 4.05. The Balaban J connectivity index is 1.87. The lowest BCUT2D eigenvalue weighted by Gasteiger charge is -2.17. The van der Waals surface area contributed by atoms with E-state index in [1.54, 1.807) is 11.3 Å². The summed E-state index contributed by atoms with van der Waals surface area (Å²) in [4.78, 5) is 0. The van der Waals surface area contributed by atoms with Gasteiger partial charge in [0.05, 0.1) is 0 Å². The molecule has 0 saturated heterocycles. The van der Waals surface area contributed by atoms with Crippen LogP contribution >= 0.6 is 22.9 Å². The third-order valence-electron chi connectivity index (χ3n) is 3.07. The van der Waals surface area contributed by atoms with E-state index in [1.165, 1.54) is 11.1 Å². The van der Waals surface area contributed by atoms with Crippen LogP contribution in [-0.2, 0) is 6.42 Å². The van der Waals surface area contributed by atoms with Crippen LogP contribution in [0.25, 0.3) is 0 Å². The molecule has 1 heterocycles. The Bertz CT molecular complexity index is 450. The summed E-state index contributed by atoms with van der Waals surface area (Å²) in [5, 5.41) is 8.75. The van der Waals surface area contributed by atoms with Crippen molar-refractivity contribution in [3.05, 3.63) is 57.2 Å². The van der Waals surface area contributed by atoms with Crippen LogP contribution in [0.4, 0.5) is 0 Å². The standard InChI is InChI=1S/C15H18ClNS/c1-2-15(13-3-5-14(16)6-4-13)17-9-7-12-8-10-18-11-12/h3-6,8,10-11,15,17H,2,7,9H2,1H3. The number of hydrogen-bond acceptors (Lipinski definition) is 2. The van der Waals surface area contributed by atoms with Crippen molar-refractivity contribution in [3.8, 4) is 0 Å². The van der Waals surface area contributed by atoms with Crippen molar-refractivity contribution in [2.24, 2.45) is 0 Å². The van der Waals surface area contributed by atoms with Gasteiger partial charge in [0.1, 0.15) is 0 Å². The number of nitrogens with one attached hydrogen (secondary N) is 1. The summed E-state index contributed by atoms with van der Waals surface area (Å²) >= 11 is 7.67. The van der Waals surface area contributed by atoms with Gasteiger partial charge in [-0.25, -0.2) is 0 Å². The normalized spacial score (nSPS) is 12.6. The molecule has 18 heavy (non-hydrogen) atoms. The van der Waals surface area contributed by atoms with E-state index in [1.807, 2.05) is 12.1 Å². The summed E-state index contributed by atoms with van der Waals surface area (Å²) in [5.41, 5.74) is 2.73. The van der Waals surface area contributed by atoms with Crippen LogP contribution in [0.3, 0.4) is 0 Å². The second-order valence-electron chi connectivity index (χ2n) is 4.35. The Labute approximate surface area is 118 Å². The van der Waals surface area contributed by atoms with Crippen molar-refractivity contribution in [2.75, 3.05) is 6.54 Å². The van der Waals surface area contributed by atoms with Gasteiger partial charge in [0.25, 0.3) is 0 Å². The Hall–Kier alpha value is -0.830. The smallest absolute Gasteiger partial charge is 0.0406 e. The van der Waals surface area contributed by atoms with Crippen LogP contribution < -0.4 is 5.32 Å². The molecule has 96 valence electrons. The zero-order chi connectivity index (χ0) is 12.8. The van der Waals surface area contributed by atoms with Gasteiger partial charge < -0.3 is 5.32 Å². The van der Waals surface area contributed by atoms with E-state index >= 15 is 0 Å². The average molecular weight is 280 g/mol. The zero-order valence-electron chi connectivity index (χ0n) is 10.5. The van der Waals surface area contributed by atoms with Crippen LogP contribution in [0.15, 0.2) is 41.1 Å². The average Bonchev–Trinajstić information content (AvgIpc) is 2.89. The van der Waals surface area contributed by atoms with E-state index in [0.29, 0.717) is 6.04 Å². The molecule has 0 bridgehead atoms. The number of hydrogen-bond donors (Lipinski definition) is 1. The first kappa shape index (κ1) is 13.6. The topological polar surface area (TPSA) is 12.0 Å². The van der Waals surface area contributed by atoms with Crippen LogP contribution in [0, 0.1) is 0 Å². The molecule has 0 amide bonds. The summed E-state index contributed by atoms with van der Waals surface area (Å²) in [5.74, 6) is 0. The van der Waals surface area contributed by atoms with Crippen molar-refractivity contribution >= 4 is 22.9 Å². The highest BCUT2D eigenvalue weighted by Crippen LogP contribution is 2.19. The number of halogens is 1. The lowest BCUT2D eigenvalue weighted by molar-refractivity contribution is 0.523. The summed E-state index contributed by atoms with van der Waals surface area (Å²) in [7, 11) is 0. The fourth-order valence-electron chi connectivity index (χ4n) is 2.02. The van der Waals surface area contributed by atoms with Crippen molar-refractivity contribution in [3.63, 3.8) is 0 Å². The molecule has 1 atom stereocenters. The van der Waals surface area contributed by atoms with Crippen LogP contribution in [0.2, 0.25) is 5.02 Å². The molecule has 2 rings (SSSR count). The molecule has 0 fully saturated rings. The molecule has 0 aliphatic heterocycles. The monoisotopic (exact) mass is 279 g/mol. The van der Waals surface area contributed by atoms with E-state index in [-0.39, 0.29) is 0 Å². The lowest BCUT2D eigenvalue weighted by atomic mass is 10.0. The van der Waals surface area contributed by atoms with Gasteiger partial charge in [-0.15, -0.1) is 0 Å². The maximum absolute atomic E-state index is 5.91. The fraction of sp³-hybridized carbons (Fsp3) is 0.333. The molecule has 1 N–H and O–H groups in total. The highest BCUT2D eigenvalue weighted by Gasteiger charge is 2.07. The second-order valence-corrected chi connectivity index (χ2v) is 5.56. The van der Waals surface area contributed by atoms with Gasteiger partial charge >= 0.3 is 0 Å². The molecular formula is C15H18ClNS. The van der Waals surface area contributed by atoms with E-state index in [9.17, 15) is 0 Å². The lowest BCUT2D eigenvalue weighted by Crippen LogP contribution is -2.23. The molecular weight excluding hydrogens is 262 g/mol. The number of rotatable bonds is 6. The Morgan fingerprint density at radius 3 is 2.61 bits per heavy atom. The Morgan fingerprint density at radius 2 is 2.00 bits per heavy atom. The van der Waals surface area contributed by atoms with Crippen molar-refractivity contribution in [2.45, 2.75) is 25.8 Å². The van der Waals surface area contributed by atoms with Crippen molar-refractivity contribution in [1.29, 1.82) is 0 Å². The van der Waals surface area contributed by atoms with Gasteiger partial charge in [-0.1, -0.05) is 30.7 Å². The molecule has 1 nitrogen and oxygen atoms in total. The van der Waals surface area contributed by atoms with Gasteiger partial charge in [0.15, 0.2) is 0 Å². The van der Waals surface area contributed by atoms with E-state index < -0.39 is 0 Å². The minimum absolute atomic E-state index is 0.418. The maximum atomic E-state index is 5.91. The Morgan fingerprint density at radius 1 is 1.22 bits per heavy atom. The van der Waals surface area contributed by atoms with Crippen LogP contribution in [0.1, 0.15) is 30.5 Å². The minimum atomic E-state index is 0.418. The van der Waals surface area contributed by atoms with Crippen LogP contribution in [-0.4, -0.2) is 6.54 Å². The van der Waals surface area contributed by atoms with Crippen molar-refractivity contribution in [1.82, 2.24) is 5.32 Å². The quantitative estimate of drug-likeness (QED) is 0.809. The molecule has 0 spiro atoms. The number of thiophene rings is 1. The minimum Gasteiger partial charge on any atom is -0.310 e. The zero-order valence-corrected chi connectivity index (χ0v) is 12.1. The molecule has 3 heteroatoms. The first-order chi connectivity index (χ1) is 8.79. The third kappa shape index (κ3) is 3.84. The van der Waals surface area contributed by atoms with Crippen molar-refractivity contribution < 1.29 is 0 Å². The summed E-state index contributed by atoms with van der Waals surface area (Å²) in [6.07, 6.45) is 2.18. The predicted octanol–water partition coefficient (Wildman–Crippen LogP) is 4.68. The van der Waals surface area contributed by atoms with Crippen LogP contribution in [0.5, 0.6) is 0 Å². The highest BCUT2D eigenvalue weighted by molar-refractivity contribution is 7.07. The molecule has 1 aromatic heterocycles. The molecule has 2 aromatic rings. The second kappa shape index (κ2) is 6.93. The largest absolute Gasteiger partial charge is 0.310 e. The first-order valence-electron chi connectivity index (χ1n) is 6.29. The van der Waals surface area contributed by atoms with Gasteiger partial charge in [0.2, 0.25) is 0 Å². The molecule has 0 aliphatic carbocycles. The molecule has 0 saturated carbocycles.